The van der Waals surface area contributed by atoms with Gasteiger partial charge >= 0.3 is 0 Å². The molecule has 0 bridgehead atoms. The van der Waals surface area contributed by atoms with Crippen molar-refractivity contribution in [3.8, 4) is 0 Å². The van der Waals surface area contributed by atoms with Gasteiger partial charge in [0.15, 0.2) is 5.96 Å². The lowest BCUT2D eigenvalue weighted by atomic mass is 9.68. The van der Waals surface area contributed by atoms with Crippen LogP contribution in [-0.2, 0) is 17.8 Å². The van der Waals surface area contributed by atoms with E-state index in [4.69, 9.17) is 9.73 Å². The highest BCUT2D eigenvalue weighted by atomic mass is 16.5. The van der Waals surface area contributed by atoms with Gasteiger partial charge in [-0.25, -0.2) is 4.99 Å². The van der Waals surface area contributed by atoms with Crippen molar-refractivity contribution >= 4 is 5.96 Å². The standard InChI is InChI=1S/C22H34N4O/c1-2-23-21(26-11-10-22(18-26)8-3-9-22)24-16-19-4-6-20(7-5-19)17-25-12-14-27-15-13-25/h4-7H,2-3,8-18H2,1H3,(H,23,24). The topological polar surface area (TPSA) is 40.1 Å². The lowest BCUT2D eigenvalue weighted by Gasteiger charge is -2.38. The molecule has 1 saturated carbocycles. The number of hydrogen-bond donors (Lipinski definition) is 1. The Hall–Kier alpha value is -1.59. The fraction of sp³-hybridized carbons (Fsp3) is 0.682. The maximum Gasteiger partial charge on any atom is 0.194 e. The van der Waals surface area contributed by atoms with Crippen LogP contribution in [0.3, 0.4) is 0 Å². The monoisotopic (exact) mass is 370 g/mol. The Morgan fingerprint density at radius 1 is 1.07 bits per heavy atom. The van der Waals surface area contributed by atoms with Gasteiger partial charge < -0.3 is 15.0 Å². The first-order chi connectivity index (χ1) is 13.3. The van der Waals surface area contributed by atoms with Crippen molar-refractivity contribution in [1.29, 1.82) is 0 Å². The van der Waals surface area contributed by atoms with Crippen LogP contribution < -0.4 is 5.32 Å². The molecule has 0 amide bonds. The summed E-state index contributed by atoms with van der Waals surface area (Å²) in [6.07, 6.45) is 5.58. The number of ether oxygens (including phenoxy) is 1. The fourth-order valence-corrected chi connectivity index (χ4v) is 4.56. The van der Waals surface area contributed by atoms with Crippen molar-refractivity contribution in [3.63, 3.8) is 0 Å². The maximum atomic E-state index is 5.43. The zero-order chi connectivity index (χ0) is 18.5. The molecule has 27 heavy (non-hydrogen) atoms. The number of guanidine groups is 1. The Morgan fingerprint density at radius 2 is 1.81 bits per heavy atom. The molecule has 5 nitrogen and oxygen atoms in total. The van der Waals surface area contributed by atoms with Crippen LogP contribution in [0.4, 0.5) is 0 Å². The molecule has 2 aliphatic heterocycles. The third-order valence-electron chi connectivity index (χ3n) is 6.43. The number of hydrogen-bond acceptors (Lipinski definition) is 3. The summed E-state index contributed by atoms with van der Waals surface area (Å²) in [5.74, 6) is 1.10. The van der Waals surface area contributed by atoms with E-state index in [1.807, 2.05) is 0 Å². The summed E-state index contributed by atoms with van der Waals surface area (Å²) in [6, 6.07) is 8.99. The summed E-state index contributed by atoms with van der Waals surface area (Å²) >= 11 is 0. The van der Waals surface area contributed by atoms with Crippen LogP contribution in [-0.4, -0.2) is 61.7 Å². The highest BCUT2D eigenvalue weighted by molar-refractivity contribution is 5.80. The van der Waals surface area contributed by atoms with Crippen LogP contribution in [0, 0.1) is 5.41 Å². The quantitative estimate of drug-likeness (QED) is 0.639. The number of benzene rings is 1. The summed E-state index contributed by atoms with van der Waals surface area (Å²) in [5.41, 5.74) is 3.27. The van der Waals surface area contributed by atoms with E-state index in [0.29, 0.717) is 5.41 Å². The van der Waals surface area contributed by atoms with Crippen molar-refractivity contribution in [3.05, 3.63) is 35.4 Å². The first-order valence-corrected chi connectivity index (χ1v) is 10.7. The summed E-state index contributed by atoms with van der Waals surface area (Å²) in [5, 5.41) is 3.50. The first kappa shape index (κ1) is 18.8. The number of nitrogens with zero attached hydrogens (tertiary/aromatic N) is 3. The van der Waals surface area contributed by atoms with Crippen LogP contribution in [0.15, 0.2) is 29.3 Å². The molecule has 2 saturated heterocycles. The second kappa shape index (κ2) is 8.61. The van der Waals surface area contributed by atoms with E-state index in [0.717, 1.165) is 58.4 Å². The molecule has 148 valence electrons. The van der Waals surface area contributed by atoms with Crippen molar-refractivity contribution in [2.24, 2.45) is 10.4 Å². The molecule has 0 unspecified atom stereocenters. The predicted molar refractivity (Wildman–Crippen MR) is 110 cm³/mol. The molecule has 0 aromatic heterocycles. The van der Waals surface area contributed by atoms with Crippen LogP contribution in [0.1, 0.15) is 43.7 Å². The Bertz CT molecular complexity index is 632. The second-order valence-corrected chi connectivity index (χ2v) is 8.40. The average molecular weight is 371 g/mol. The maximum absolute atomic E-state index is 5.43. The van der Waals surface area contributed by atoms with Gasteiger partial charge in [0.05, 0.1) is 19.8 Å². The van der Waals surface area contributed by atoms with Gasteiger partial charge in [-0.1, -0.05) is 30.7 Å². The van der Waals surface area contributed by atoms with E-state index in [2.05, 4.69) is 46.3 Å². The number of aliphatic imine (C=N–C) groups is 1. The van der Waals surface area contributed by atoms with E-state index in [1.54, 1.807) is 0 Å². The molecule has 4 rings (SSSR count). The molecule has 1 spiro atoms. The molecule has 1 N–H and O–H groups in total. The third-order valence-corrected chi connectivity index (χ3v) is 6.43. The van der Waals surface area contributed by atoms with E-state index >= 15 is 0 Å². The predicted octanol–water partition coefficient (Wildman–Crippen LogP) is 2.86. The van der Waals surface area contributed by atoms with Crippen LogP contribution in [0.25, 0.3) is 0 Å². The number of likely N-dealkylation sites (tertiary alicyclic amines) is 1. The number of morpholine rings is 1. The van der Waals surface area contributed by atoms with Gasteiger partial charge in [-0.15, -0.1) is 0 Å². The second-order valence-electron chi connectivity index (χ2n) is 8.40. The number of nitrogens with one attached hydrogen (secondary N) is 1. The van der Waals surface area contributed by atoms with Gasteiger partial charge in [0, 0.05) is 39.3 Å². The molecular formula is C22H34N4O. The summed E-state index contributed by atoms with van der Waals surface area (Å²) in [4.78, 5) is 9.88. The van der Waals surface area contributed by atoms with Crippen molar-refractivity contribution < 1.29 is 4.74 Å². The highest BCUT2D eigenvalue weighted by Crippen LogP contribution is 2.47. The van der Waals surface area contributed by atoms with Gasteiger partial charge in [0.1, 0.15) is 0 Å². The molecule has 2 heterocycles. The van der Waals surface area contributed by atoms with Gasteiger partial charge in [-0.2, -0.15) is 0 Å². The van der Waals surface area contributed by atoms with Crippen LogP contribution in [0.5, 0.6) is 0 Å². The molecule has 1 aliphatic carbocycles. The average Bonchev–Trinajstić information content (AvgIpc) is 3.13. The van der Waals surface area contributed by atoms with Crippen molar-refractivity contribution in [2.45, 2.75) is 45.7 Å². The Kier molecular flexibility index (Phi) is 5.98. The van der Waals surface area contributed by atoms with Crippen LogP contribution >= 0.6 is 0 Å². The summed E-state index contributed by atoms with van der Waals surface area (Å²) < 4.78 is 5.43. The zero-order valence-corrected chi connectivity index (χ0v) is 16.8. The molecular weight excluding hydrogens is 336 g/mol. The van der Waals surface area contributed by atoms with E-state index < -0.39 is 0 Å². The largest absolute Gasteiger partial charge is 0.379 e. The smallest absolute Gasteiger partial charge is 0.194 e. The first-order valence-electron chi connectivity index (χ1n) is 10.7. The summed E-state index contributed by atoms with van der Waals surface area (Å²) in [6.45, 7) is 11.0. The number of rotatable bonds is 5. The molecule has 0 atom stereocenters. The van der Waals surface area contributed by atoms with Gasteiger partial charge in [0.25, 0.3) is 0 Å². The lowest BCUT2D eigenvalue weighted by Crippen LogP contribution is -2.42. The van der Waals surface area contributed by atoms with E-state index in [-0.39, 0.29) is 0 Å². The zero-order valence-electron chi connectivity index (χ0n) is 16.8. The molecule has 0 radical (unpaired) electrons. The summed E-state index contributed by atoms with van der Waals surface area (Å²) in [7, 11) is 0. The highest BCUT2D eigenvalue weighted by Gasteiger charge is 2.43. The minimum atomic E-state index is 0.608. The van der Waals surface area contributed by atoms with E-state index in [1.165, 1.54) is 43.4 Å². The Labute approximate surface area is 163 Å². The van der Waals surface area contributed by atoms with Crippen LogP contribution in [0.2, 0.25) is 0 Å². The van der Waals surface area contributed by atoms with Gasteiger partial charge in [0.2, 0.25) is 0 Å². The Morgan fingerprint density at radius 3 is 2.44 bits per heavy atom. The molecule has 3 aliphatic rings. The molecule has 1 aromatic rings. The van der Waals surface area contributed by atoms with Crippen molar-refractivity contribution in [2.75, 3.05) is 45.9 Å². The molecule has 1 aromatic carbocycles. The lowest BCUT2D eigenvalue weighted by molar-refractivity contribution is 0.0342. The SMILES string of the molecule is CCNC(=NCc1ccc(CN2CCOCC2)cc1)N1CCC2(CCC2)C1. The third kappa shape index (κ3) is 4.64. The van der Waals surface area contributed by atoms with Crippen molar-refractivity contribution in [1.82, 2.24) is 15.1 Å². The molecule has 5 heteroatoms. The normalized spacial score (nSPS) is 22.9. The fourth-order valence-electron chi connectivity index (χ4n) is 4.56. The van der Waals surface area contributed by atoms with Gasteiger partial charge in [-0.05, 0) is 42.7 Å². The molecule has 3 fully saturated rings. The van der Waals surface area contributed by atoms with Gasteiger partial charge in [-0.3, -0.25) is 4.90 Å². The Balaban J connectivity index is 1.33. The minimum absolute atomic E-state index is 0.608. The van der Waals surface area contributed by atoms with E-state index in [9.17, 15) is 0 Å². The minimum Gasteiger partial charge on any atom is -0.379 e.